The Bertz CT molecular complexity index is 925. The molecule has 0 spiro atoms. The fourth-order valence-corrected chi connectivity index (χ4v) is 2.91. The Labute approximate surface area is 200 Å². The zero-order valence-corrected chi connectivity index (χ0v) is 18.7. The van der Waals surface area contributed by atoms with E-state index in [4.69, 9.17) is 16.6 Å². The minimum Gasteiger partial charge on any atom is -0.481 e. The second-order valence-corrected chi connectivity index (χ2v) is 7.60. The molecule has 4 unspecified atom stereocenters. The van der Waals surface area contributed by atoms with Gasteiger partial charge in [0, 0.05) is 12.8 Å². The third kappa shape index (κ3) is 10.6. The number of carbonyl (C=O) groups excluding carboxylic acids is 4. The Morgan fingerprint density at radius 2 is 1.37 bits per heavy atom. The molecular weight excluding hydrogens is 466 g/mol. The van der Waals surface area contributed by atoms with Crippen LogP contribution in [0.4, 0.5) is 0 Å². The summed E-state index contributed by atoms with van der Waals surface area (Å²) in [5.41, 5.74) is 11.3. The number of nitrogens with one attached hydrogen (secondary N) is 3. The first-order valence-corrected chi connectivity index (χ1v) is 10.5. The van der Waals surface area contributed by atoms with Gasteiger partial charge in [-0.2, -0.15) is 0 Å². The molecule has 1 aromatic rings. The fraction of sp³-hybridized carbons (Fsp3) is 0.429. The SMILES string of the molecule is NC(=O)CC(N)C(=O)NC(Cc1ccccc1)C(=O)NC(CO)C(=O)NC(CCC(=O)O)C(=O)O. The number of hydrogen-bond acceptors (Lipinski definition) is 8. The van der Waals surface area contributed by atoms with Gasteiger partial charge in [0.1, 0.15) is 18.1 Å². The van der Waals surface area contributed by atoms with Gasteiger partial charge in [-0.15, -0.1) is 0 Å². The number of rotatable bonds is 15. The summed E-state index contributed by atoms with van der Waals surface area (Å²) in [6, 6.07) is 2.66. The third-order valence-electron chi connectivity index (χ3n) is 4.75. The summed E-state index contributed by atoms with van der Waals surface area (Å²) < 4.78 is 0. The van der Waals surface area contributed by atoms with E-state index in [-0.39, 0.29) is 6.42 Å². The molecule has 0 fully saturated rings. The smallest absolute Gasteiger partial charge is 0.326 e. The minimum atomic E-state index is -1.61. The molecule has 0 bridgehead atoms. The van der Waals surface area contributed by atoms with E-state index in [0.29, 0.717) is 5.56 Å². The molecule has 10 N–H and O–H groups in total. The molecule has 192 valence electrons. The van der Waals surface area contributed by atoms with Gasteiger partial charge < -0.3 is 42.7 Å². The summed E-state index contributed by atoms with van der Waals surface area (Å²) in [7, 11) is 0. The molecule has 0 saturated carbocycles. The van der Waals surface area contributed by atoms with Crippen molar-refractivity contribution < 1.29 is 44.1 Å². The molecule has 1 rings (SSSR count). The van der Waals surface area contributed by atoms with Gasteiger partial charge in [0.15, 0.2) is 0 Å². The van der Waals surface area contributed by atoms with Gasteiger partial charge in [-0.1, -0.05) is 30.3 Å². The summed E-state index contributed by atoms with van der Waals surface area (Å²) in [5.74, 6) is -6.44. The van der Waals surface area contributed by atoms with Crippen molar-refractivity contribution in [2.24, 2.45) is 11.5 Å². The van der Waals surface area contributed by atoms with Crippen LogP contribution in [-0.4, -0.2) is 81.7 Å². The summed E-state index contributed by atoms with van der Waals surface area (Å²) in [6.07, 6.45) is -1.48. The van der Waals surface area contributed by atoms with Gasteiger partial charge in [0.05, 0.1) is 19.1 Å². The number of aliphatic hydroxyl groups excluding tert-OH is 1. The molecule has 35 heavy (non-hydrogen) atoms. The van der Waals surface area contributed by atoms with Crippen LogP contribution in [0.1, 0.15) is 24.8 Å². The standard InChI is InChI=1S/C21H29N5O9/c22-12(9-16(23)28)18(31)25-14(8-11-4-2-1-3-5-11)19(32)26-15(10-27)20(33)24-13(21(34)35)6-7-17(29)30/h1-5,12-15,27H,6-10,22H2,(H2,23,28)(H,24,33)(H,25,31)(H,26,32)(H,29,30)(H,34,35). The van der Waals surface area contributed by atoms with Crippen molar-refractivity contribution in [1.29, 1.82) is 0 Å². The predicted octanol–water partition coefficient (Wildman–Crippen LogP) is -3.17. The van der Waals surface area contributed by atoms with Crippen LogP contribution in [0.15, 0.2) is 30.3 Å². The molecule has 4 amide bonds. The normalized spacial score (nSPS) is 14.0. The Balaban J connectivity index is 2.97. The van der Waals surface area contributed by atoms with Gasteiger partial charge in [-0.3, -0.25) is 24.0 Å². The number of benzene rings is 1. The first-order chi connectivity index (χ1) is 16.4. The van der Waals surface area contributed by atoms with Crippen molar-refractivity contribution in [3.8, 4) is 0 Å². The lowest BCUT2D eigenvalue weighted by molar-refractivity contribution is -0.143. The largest absolute Gasteiger partial charge is 0.481 e. The molecular formula is C21H29N5O9. The molecule has 0 aliphatic rings. The molecule has 14 heteroatoms. The third-order valence-corrected chi connectivity index (χ3v) is 4.75. The number of hydrogen-bond donors (Lipinski definition) is 8. The van der Waals surface area contributed by atoms with E-state index in [1.165, 1.54) is 0 Å². The average molecular weight is 495 g/mol. The second-order valence-electron chi connectivity index (χ2n) is 7.60. The first-order valence-electron chi connectivity index (χ1n) is 10.5. The number of aliphatic carboxylic acids is 2. The van der Waals surface area contributed by atoms with E-state index in [1.54, 1.807) is 30.3 Å². The Morgan fingerprint density at radius 3 is 1.89 bits per heavy atom. The van der Waals surface area contributed by atoms with E-state index >= 15 is 0 Å². The van der Waals surface area contributed by atoms with Gasteiger partial charge in [0.25, 0.3) is 0 Å². The van der Waals surface area contributed by atoms with Crippen LogP contribution in [0.25, 0.3) is 0 Å². The number of carboxylic acid groups (broad SMARTS) is 2. The van der Waals surface area contributed by atoms with E-state index < -0.39 is 85.6 Å². The van der Waals surface area contributed by atoms with Crippen molar-refractivity contribution in [2.45, 2.75) is 49.9 Å². The number of carbonyl (C=O) groups is 6. The lowest BCUT2D eigenvalue weighted by atomic mass is 10.0. The molecule has 0 aliphatic heterocycles. The Morgan fingerprint density at radius 1 is 0.829 bits per heavy atom. The molecule has 0 aromatic heterocycles. The number of carboxylic acids is 2. The quantitative estimate of drug-likeness (QED) is 0.121. The van der Waals surface area contributed by atoms with Crippen molar-refractivity contribution >= 4 is 35.6 Å². The molecule has 0 radical (unpaired) electrons. The molecule has 14 nitrogen and oxygen atoms in total. The van der Waals surface area contributed by atoms with E-state index in [1.807, 2.05) is 0 Å². The Hall–Kier alpha value is -4.04. The van der Waals surface area contributed by atoms with Crippen molar-refractivity contribution in [3.63, 3.8) is 0 Å². The van der Waals surface area contributed by atoms with Crippen LogP contribution in [0.5, 0.6) is 0 Å². The molecule has 0 aliphatic carbocycles. The number of amides is 4. The predicted molar refractivity (Wildman–Crippen MR) is 119 cm³/mol. The Kier molecular flexibility index (Phi) is 11.8. The highest BCUT2D eigenvalue weighted by Crippen LogP contribution is 2.05. The summed E-state index contributed by atoms with van der Waals surface area (Å²) in [5, 5.41) is 34.1. The van der Waals surface area contributed by atoms with Crippen LogP contribution >= 0.6 is 0 Å². The molecule has 1 aromatic carbocycles. The van der Waals surface area contributed by atoms with Crippen LogP contribution in [0.3, 0.4) is 0 Å². The zero-order chi connectivity index (χ0) is 26.5. The van der Waals surface area contributed by atoms with E-state index in [9.17, 15) is 39.0 Å². The molecule has 4 atom stereocenters. The zero-order valence-electron chi connectivity index (χ0n) is 18.7. The maximum atomic E-state index is 12.9. The van der Waals surface area contributed by atoms with Crippen molar-refractivity contribution in [1.82, 2.24) is 16.0 Å². The molecule has 0 heterocycles. The lowest BCUT2D eigenvalue weighted by Crippen LogP contribution is -2.58. The first kappa shape index (κ1) is 29.0. The number of nitrogens with two attached hydrogens (primary N) is 2. The topological polar surface area (TPSA) is 251 Å². The van der Waals surface area contributed by atoms with Gasteiger partial charge >= 0.3 is 11.9 Å². The highest BCUT2D eigenvalue weighted by Gasteiger charge is 2.30. The molecule has 0 saturated heterocycles. The summed E-state index contributed by atoms with van der Waals surface area (Å²) >= 11 is 0. The van der Waals surface area contributed by atoms with E-state index in [2.05, 4.69) is 16.0 Å². The van der Waals surface area contributed by atoms with Crippen molar-refractivity contribution in [3.05, 3.63) is 35.9 Å². The van der Waals surface area contributed by atoms with Crippen LogP contribution in [0, 0.1) is 0 Å². The van der Waals surface area contributed by atoms with Crippen LogP contribution in [-0.2, 0) is 35.2 Å². The summed E-state index contributed by atoms with van der Waals surface area (Å²) in [4.78, 5) is 70.7. The highest BCUT2D eigenvalue weighted by molar-refractivity contribution is 5.95. The lowest BCUT2D eigenvalue weighted by Gasteiger charge is -2.24. The van der Waals surface area contributed by atoms with Crippen molar-refractivity contribution in [2.75, 3.05) is 6.61 Å². The second kappa shape index (κ2) is 14.3. The van der Waals surface area contributed by atoms with Gasteiger partial charge in [-0.25, -0.2) is 4.79 Å². The van der Waals surface area contributed by atoms with Gasteiger partial charge in [-0.05, 0) is 12.0 Å². The van der Waals surface area contributed by atoms with Crippen LogP contribution in [0.2, 0.25) is 0 Å². The highest BCUT2D eigenvalue weighted by atomic mass is 16.4. The minimum absolute atomic E-state index is 0.0438. The van der Waals surface area contributed by atoms with Gasteiger partial charge in [0.2, 0.25) is 23.6 Å². The maximum Gasteiger partial charge on any atom is 0.326 e. The fourth-order valence-electron chi connectivity index (χ4n) is 2.91. The average Bonchev–Trinajstić information content (AvgIpc) is 2.79. The summed E-state index contributed by atoms with van der Waals surface area (Å²) in [6.45, 7) is -0.921. The number of primary amides is 1. The monoisotopic (exact) mass is 495 g/mol. The van der Waals surface area contributed by atoms with E-state index in [0.717, 1.165) is 0 Å². The maximum absolute atomic E-state index is 12.9. The van der Waals surface area contributed by atoms with Crippen LogP contribution < -0.4 is 27.4 Å². The number of aliphatic hydroxyl groups is 1.